The molecule has 0 radical (unpaired) electrons. The number of rotatable bonds is 4. The Hall–Kier alpha value is -3.15. The number of benzene rings is 1. The Morgan fingerprint density at radius 3 is 2.65 bits per heavy atom. The summed E-state index contributed by atoms with van der Waals surface area (Å²) in [5.41, 5.74) is 4.26. The van der Waals surface area contributed by atoms with Gasteiger partial charge >= 0.3 is 0 Å². The Bertz CT molecular complexity index is 1160. The zero-order valence-electron chi connectivity index (χ0n) is 18.1. The number of aromatic nitrogens is 3. The van der Waals surface area contributed by atoms with Crippen molar-refractivity contribution in [3.05, 3.63) is 87.6 Å². The molecule has 1 fully saturated rings. The van der Waals surface area contributed by atoms with E-state index in [0.717, 1.165) is 29.8 Å². The second-order valence-electron chi connectivity index (χ2n) is 9.00. The van der Waals surface area contributed by atoms with E-state index in [1.165, 1.54) is 5.56 Å². The minimum absolute atomic E-state index is 0.0677. The van der Waals surface area contributed by atoms with Crippen LogP contribution in [0.3, 0.4) is 0 Å². The fraction of sp³-hybridized carbons (Fsp3) is 0.400. The van der Waals surface area contributed by atoms with Gasteiger partial charge in [-0.3, -0.25) is 14.3 Å². The SMILES string of the molecule is Cc1nn(C)cc1CC(=O)N1C[C@H]2C[C@@H](C1)[C@H](Cc1ccccc1)n1c2cccc1=O. The number of carbonyl (C=O) groups excluding carboxylic acids is 1. The van der Waals surface area contributed by atoms with E-state index < -0.39 is 0 Å². The Kier molecular flexibility index (Phi) is 5.00. The Labute approximate surface area is 182 Å². The van der Waals surface area contributed by atoms with Gasteiger partial charge in [0.15, 0.2) is 0 Å². The van der Waals surface area contributed by atoms with Crippen LogP contribution < -0.4 is 5.56 Å². The lowest BCUT2D eigenvalue weighted by Gasteiger charge is -2.47. The molecule has 2 aliphatic rings. The molecule has 5 rings (SSSR count). The summed E-state index contributed by atoms with van der Waals surface area (Å²) in [5, 5.41) is 4.37. The van der Waals surface area contributed by atoms with Crippen molar-refractivity contribution in [3.8, 4) is 0 Å². The van der Waals surface area contributed by atoms with E-state index in [9.17, 15) is 9.59 Å². The molecule has 2 aliphatic heterocycles. The highest BCUT2D eigenvalue weighted by atomic mass is 16.2. The van der Waals surface area contributed by atoms with Crippen molar-refractivity contribution in [3.63, 3.8) is 0 Å². The Morgan fingerprint density at radius 2 is 1.90 bits per heavy atom. The molecule has 1 amide bonds. The van der Waals surface area contributed by atoms with Gasteiger partial charge in [0.1, 0.15) is 0 Å². The lowest BCUT2D eigenvalue weighted by Crippen LogP contribution is -2.51. The number of nitrogens with zero attached hydrogens (tertiary/aromatic N) is 4. The summed E-state index contributed by atoms with van der Waals surface area (Å²) in [6.07, 6.45) is 4.14. The molecule has 2 aromatic heterocycles. The maximum absolute atomic E-state index is 13.2. The van der Waals surface area contributed by atoms with Gasteiger partial charge in [-0.2, -0.15) is 5.10 Å². The molecule has 4 heterocycles. The first-order valence-electron chi connectivity index (χ1n) is 11.0. The third kappa shape index (κ3) is 3.71. The molecule has 0 aliphatic carbocycles. The van der Waals surface area contributed by atoms with Crippen LogP contribution in [0.1, 0.15) is 40.9 Å². The molecule has 0 N–H and O–H groups in total. The highest BCUT2D eigenvalue weighted by Crippen LogP contribution is 2.42. The number of likely N-dealkylation sites (tertiary alicyclic amines) is 1. The number of fused-ring (bicyclic) bond motifs is 4. The van der Waals surface area contributed by atoms with Crippen molar-refractivity contribution in [2.24, 2.45) is 13.0 Å². The molecule has 0 saturated carbocycles. The molecule has 6 heteroatoms. The number of piperidine rings is 1. The highest BCUT2D eigenvalue weighted by Gasteiger charge is 2.41. The van der Waals surface area contributed by atoms with E-state index in [1.807, 2.05) is 53.9 Å². The smallest absolute Gasteiger partial charge is 0.251 e. The highest BCUT2D eigenvalue weighted by molar-refractivity contribution is 5.79. The van der Waals surface area contributed by atoms with Crippen molar-refractivity contribution >= 4 is 5.91 Å². The van der Waals surface area contributed by atoms with E-state index in [-0.39, 0.29) is 29.3 Å². The first-order valence-corrected chi connectivity index (χ1v) is 11.0. The van der Waals surface area contributed by atoms with Crippen molar-refractivity contribution < 1.29 is 4.79 Å². The number of carbonyl (C=O) groups is 1. The average Bonchev–Trinajstić information content (AvgIpc) is 3.08. The predicted octanol–water partition coefficient (Wildman–Crippen LogP) is 2.86. The van der Waals surface area contributed by atoms with Crippen molar-refractivity contribution in [2.45, 2.75) is 38.1 Å². The number of hydrogen-bond donors (Lipinski definition) is 0. The van der Waals surface area contributed by atoms with Crippen LogP contribution in [-0.2, 0) is 24.7 Å². The third-order valence-electron chi connectivity index (χ3n) is 6.90. The fourth-order valence-electron chi connectivity index (χ4n) is 5.46. The quantitative estimate of drug-likeness (QED) is 0.657. The van der Waals surface area contributed by atoms with Crippen LogP contribution in [0, 0.1) is 12.8 Å². The molecule has 1 saturated heterocycles. The maximum atomic E-state index is 13.2. The summed E-state index contributed by atoms with van der Waals surface area (Å²) in [6, 6.07) is 16.0. The second-order valence-corrected chi connectivity index (χ2v) is 9.00. The van der Waals surface area contributed by atoms with Crippen LogP contribution in [-0.4, -0.2) is 38.2 Å². The summed E-state index contributed by atoms with van der Waals surface area (Å²) < 4.78 is 3.78. The molecule has 0 spiro atoms. The molecule has 1 aromatic carbocycles. The number of pyridine rings is 1. The van der Waals surface area contributed by atoms with E-state index in [0.29, 0.717) is 19.5 Å². The molecule has 31 heavy (non-hydrogen) atoms. The summed E-state index contributed by atoms with van der Waals surface area (Å²) in [5.74, 6) is 0.625. The molecule has 3 aromatic rings. The molecule has 6 nitrogen and oxygen atoms in total. The number of hydrogen-bond acceptors (Lipinski definition) is 3. The first-order chi connectivity index (χ1) is 15.0. The van der Waals surface area contributed by atoms with Gasteiger partial charge in [0.25, 0.3) is 5.56 Å². The van der Waals surface area contributed by atoms with E-state index in [4.69, 9.17) is 0 Å². The zero-order valence-corrected chi connectivity index (χ0v) is 18.1. The number of amides is 1. The van der Waals surface area contributed by atoms with Gasteiger partial charge in [-0.15, -0.1) is 0 Å². The Morgan fingerprint density at radius 1 is 1.10 bits per heavy atom. The maximum Gasteiger partial charge on any atom is 0.251 e. The van der Waals surface area contributed by atoms with Crippen LogP contribution >= 0.6 is 0 Å². The standard InChI is InChI=1S/C25H28N4O2/c1-17-19(14-27(2)26-17)13-25(31)28-15-20-12-21(16-28)23(11-18-7-4-3-5-8-18)29-22(20)9-6-10-24(29)30/h3-10,14,20-21,23H,11-13,15-16H2,1-2H3/t20-,21+,23+/m1/s1. The van der Waals surface area contributed by atoms with Gasteiger partial charge < -0.3 is 9.47 Å². The third-order valence-corrected chi connectivity index (χ3v) is 6.90. The van der Waals surface area contributed by atoms with Gasteiger partial charge in [-0.1, -0.05) is 36.4 Å². The average molecular weight is 417 g/mol. The molecular formula is C25H28N4O2. The van der Waals surface area contributed by atoms with Crippen LogP contribution in [0.2, 0.25) is 0 Å². The predicted molar refractivity (Wildman–Crippen MR) is 119 cm³/mol. The lowest BCUT2D eigenvalue weighted by atomic mass is 9.76. The van der Waals surface area contributed by atoms with Gasteiger partial charge in [0.2, 0.25) is 5.91 Å². The van der Waals surface area contributed by atoms with Crippen molar-refractivity contribution in [1.29, 1.82) is 0 Å². The van der Waals surface area contributed by atoms with Crippen LogP contribution in [0.25, 0.3) is 0 Å². The molecule has 2 bridgehead atoms. The second kappa shape index (κ2) is 7.84. The van der Waals surface area contributed by atoms with Crippen LogP contribution in [0.15, 0.2) is 59.5 Å². The van der Waals surface area contributed by atoms with E-state index in [1.54, 1.807) is 10.7 Å². The molecule has 0 unspecified atom stereocenters. The summed E-state index contributed by atoms with van der Waals surface area (Å²) in [4.78, 5) is 28.1. The Balaban J connectivity index is 1.45. The van der Waals surface area contributed by atoms with Gasteiger partial charge in [0.05, 0.1) is 12.1 Å². The summed E-state index contributed by atoms with van der Waals surface area (Å²) in [6.45, 7) is 3.33. The van der Waals surface area contributed by atoms with E-state index >= 15 is 0 Å². The lowest BCUT2D eigenvalue weighted by molar-refractivity contribution is -0.133. The van der Waals surface area contributed by atoms with Crippen molar-refractivity contribution in [2.75, 3.05) is 13.1 Å². The monoisotopic (exact) mass is 416 g/mol. The van der Waals surface area contributed by atoms with Gasteiger partial charge in [-0.25, -0.2) is 0 Å². The number of aryl methyl sites for hydroxylation is 2. The summed E-state index contributed by atoms with van der Waals surface area (Å²) >= 11 is 0. The zero-order chi connectivity index (χ0) is 21.5. The van der Waals surface area contributed by atoms with E-state index in [2.05, 4.69) is 23.3 Å². The van der Waals surface area contributed by atoms with Gasteiger partial charge in [0, 0.05) is 55.6 Å². The van der Waals surface area contributed by atoms with Crippen LogP contribution in [0.4, 0.5) is 0 Å². The molecule has 160 valence electrons. The first kappa shape index (κ1) is 19.8. The van der Waals surface area contributed by atoms with Gasteiger partial charge in [-0.05, 0) is 37.3 Å². The van der Waals surface area contributed by atoms with Crippen molar-refractivity contribution in [1.82, 2.24) is 19.2 Å². The minimum Gasteiger partial charge on any atom is -0.341 e. The summed E-state index contributed by atoms with van der Waals surface area (Å²) in [7, 11) is 1.88. The normalized spacial score (nSPS) is 22.3. The molecular weight excluding hydrogens is 388 g/mol. The largest absolute Gasteiger partial charge is 0.341 e. The van der Waals surface area contributed by atoms with Crippen LogP contribution in [0.5, 0.6) is 0 Å². The topological polar surface area (TPSA) is 60.1 Å². The minimum atomic E-state index is 0.0677. The fourth-order valence-corrected chi connectivity index (χ4v) is 5.46. The molecule has 3 atom stereocenters.